The second-order valence-corrected chi connectivity index (χ2v) is 31.9. The maximum Gasteiger partial charge on any atom is 0.144 e. The van der Waals surface area contributed by atoms with E-state index >= 15 is 0 Å². The summed E-state index contributed by atoms with van der Waals surface area (Å²) in [5, 5.41) is 7.27. The Morgan fingerprint density at radius 2 is 0.720 bits per heavy atom. The van der Waals surface area contributed by atoms with E-state index in [0.29, 0.717) is 0 Å². The maximum atomic E-state index is 7.59. The topological polar surface area (TPSA) is 42.7 Å². The first-order valence-electron chi connectivity index (χ1n) is 39.2. The van der Waals surface area contributed by atoms with Gasteiger partial charge in [-0.25, -0.2) is 0 Å². The summed E-state index contributed by atoms with van der Waals surface area (Å²) in [6.45, 7) is 19.3. The van der Waals surface area contributed by atoms with Crippen LogP contribution in [-0.4, -0.2) is 0 Å². The summed E-state index contributed by atoms with van der Waals surface area (Å²) in [6.07, 6.45) is 29.6. The Morgan fingerprint density at radius 3 is 1.36 bits per heavy atom. The molecule has 10 aromatic carbocycles. The molecule has 0 N–H and O–H groups in total. The minimum absolute atomic E-state index is 0.163. The third-order valence-corrected chi connectivity index (χ3v) is 25.2. The van der Waals surface area contributed by atoms with Crippen molar-refractivity contribution in [2.75, 3.05) is 4.90 Å². The summed E-state index contributed by atoms with van der Waals surface area (Å²) in [5.74, 6) is 0. The number of benzene rings is 10. The largest absolute Gasteiger partial charge is 0.456 e. The molecular weight excluding hydrogens is 1220 g/mol. The van der Waals surface area contributed by atoms with Gasteiger partial charge in [0.05, 0.1) is 0 Å². The minimum atomic E-state index is -0.317. The van der Waals surface area contributed by atoms with Crippen molar-refractivity contribution in [1.29, 1.82) is 0 Å². The molecule has 0 saturated heterocycles. The van der Waals surface area contributed by atoms with E-state index in [2.05, 4.69) is 236 Å². The number of hydrogen-bond acceptors (Lipinski definition) is 4. The van der Waals surface area contributed by atoms with Gasteiger partial charge in [-0.1, -0.05) is 281 Å². The van der Waals surface area contributed by atoms with Gasteiger partial charge in [-0.15, -0.1) is 0 Å². The molecule has 4 aliphatic rings. The van der Waals surface area contributed by atoms with Crippen LogP contribution in [0.25, 0.3) is 110 Å². The molecule has 3 aromatic heterocycles. The van der Waals surface area contributed by atoms with E-state index in [-0.39, 0.29) is 21.7 Å². The van der Waals surface area contributed by atoms with Crippen LogP contribution >= 0.6 is 0 Å². The van der Waals surface area contributed by atoms with Crippen molar-refractivity contribution in [3.63, 3.8) is 0 Å². The highest BCUT2D eigenvalue weighted by Gasteiger charge is 2.54. The van der Waals surface area contributed by atoms with Gasteiger partial charge in [0.1, 0.15) is 33.5 Å². The van der Waals surface area contributed by atoms with Crippen LogP contribution in [0.2, 0.25) is 0 Å². The predicted molar refractivity (Wildman–Crippen MR) is 424 cm³/mol. The third-order valence-electron chi connectivity index (χ3n) is 25.2. The molecule has 0 spiro atoms. The predicted octanol–water partition coefficient (Wildman–Crippen LogP) is 29.4. The monoisotopic (exact) mass is 1320 g/mol. The Balaban J connectivity index is 0.901. The van der Waals surface area contributed by atoms with Crippen molar-refractivity contribution in [2.45, 2.75) is 231 Å². The molecule has 0 bridgehead atoms. The van der Waals surface area contributed by atoms with Crippen molar-refractivity contribution in [3.8, 4) is 44.5 Å². The first-order valence-corrected chi connectivity index (χ1v) is 39.2. The SMILES string of the molecule is CCCCCCCC1(CCCCCCC)c2ccccc2-c2c1c1c(c3c2oc2ccccc23)-c2ccc(N(c3ccc4c(c3)C(C)(C)c3cc5c(cc3-4)C(C)(C)c3ccc4oc6ccccc6c4c3-5)c3ccc4c(c3)oc3ccccc34)cc2C1(CCCCCCC)CCCCCCC. The van der Waals surface area contributed by atoms with Crippen molar-refractivity contribution < 1.29 is 13.3 Å². The highest BCUT2D eigenvalue weighted by molar-refractivity contribution is 6.21. The van der Waals surface area contributed by atoms with Crippen molar-refractivity contribution >= 4 is 82.9 Å². The lowest BCUT2D eigenvalue weighted by molar-refractivity contribution is 0.369. The molecule has 0 amide bonds. The Hall–Kier alpha value is -8.60. The molecule has 0 atom stereocenters. The summed E-state index contributed by atoms with van der Waals surface area (Å²) >= 11 is 0. The summed E-state index contributed by atoms with van der Waals surface area (Å²) in [5.41, 5.74) is 31.2. The highest BCUT2D eigenvalue weighted by atomic mass is 16.3. The Morgan fingerprint density at radius 1 is 0.280 bits per heavy atom. The van der Waals surface area contributed by atoms with Gasteiger partial charge in [-0.2, -0.15) is 0 Å². The normalized spacial score (nSPS) is 15.3. The fourth-order valence-corrected chi connectivity index (χ4v) is 20.2. The van der Waals surface area contributed by atoms with Crippen molar-refractivity contribution in [1.82, 2.24) is 0 Å². The van der Waals surface area contributed by atoms with E-state index in [9.17, 15) is 0 Å². The van der Waals surface area contributed by atoms with Gasteiger partial charge in [-0.3, -0.25) is 0 Å². The minimum Gasteiger partial charge on any atom is -0.456 e. The molecule has 3 heterocycles. The van der Waals surface area contributed by atoms with Gasteiger partial charge < -0.3 is 18.2 Å². The third kappa shape index (κ3) is 10.1. The molecule has 4 aliphatic carbocycles. The maximum absolute atomic E-state index is 7.59. The summed E-state index contributed by atoms with van der Waals surface area (Å²) < 4.78 is 21.1. The fourth-order valence-electron chi connectivity index (χ4n) is 20.2. The van der Waals surface area contributed by atoms with Crippen LogP contribution < -0.4 is 4.90 Å². The van der Waals surface area contributed by atoms with E-state index < -0.39 is 0 Å². The lowest BCUT2D eigenvalue weighted by Gasteiger charge is -2.40. The van der Waals surface area contributed by atoms with Crippen LogP contribution in [0.1, 0.15) is 254 Å². The van der Waals surface area contributed by atoms with Gasteiger partial charge in [0.15, 0.2) is 0 Å². The van der Waals surface area contributed by atoms with Gasteiger partial charge >= 0.3 is 0 Å². The van der Waals surface area contributed by atoms with E-state index in [1.54, 1.807) is 16.7 Å². The number of rotatable bonds is 27. The molecule has 0 aliphatic heterocycles. The van der Waals surface area contributed by atoms with Crippen LogP contribution in [0.4, 0.5) is 17.1 Å². The van der Waals surface area contributed by atoms with Crippen molar-refractivity contribution in [2.24, 2.45) is 0 Å². The van der Waals surface area contributed by atoms with Gasteiger partial charge in [0.25, 0.3) is 0 Å². The molecule has 0 radical (unpaired) electrons. The average molecular weight is 1320 g/mol. The molecule has 4 heteroatoms. The molecular formula is C96H101NO3. The second kappa shape index (κ2) is 25.8. The van der Waals surface area contributed by atoms with E-state index in [1.165, 1.54) is 228 Å². The molecule has 0 unspecified atom stereocenters. The Labute approximate surface area is 593 Å². The number of para-hydroxylation sites is 3. The second-order valence-electron chi connectivity index (χ2n) is 31.9. The van der Waals surface area contributed by atoms with Gasteiger partial charge in [0, 0.05) is 82.7 Å². The number of anilines is 3. The molecule has 100 heavy (non-hydrogen) atoms. The van der Waals surface area contributed by atoms with Crippen LogP contribution in [0.3, 0.4) is 0 Å². The smallest absolute Gasteiger partial charge is 0.144 e. The summed E-state index contributed by atoms with van der Waals surface area (Å²) in [4.78, 5) is 2.61. The first kappa shape index (κ1) is 64.8. The lowest BCUT2D eigenvalue weighted by atomic mass is 9.62. The molecule has 0 fully saturated rings. The zero-order chi connectivity index (χ0) is 68.1. The Kier molecular flexibility index (Phi) is 16.7. The zero-order valence-electron chi connectivity index (χ0n) is 60.9. The fraction of sp³-hybridized carbons (Fsp3) is 0.375. The summed E-state index contributed by atoms with van der Waals surface area (Å²) in [7, 11) is 0. The molecule has 4 nitrogen and oxygen atoms in total. The van der Waals surface area contributed by atoms with Crippen molar-refractivity contribution in [3.05, 3.63) is 220 Å². The average Bonchev–Trinajstić information content (AvgIpc) is 1.50. The quantitative estimate of drug-likeness (QED) is 0.0481. The summed E-state index contributed by atoms with van der Waals surface area (Å²) in [6, 6.07) is 68.1. The number of furan rings is 3. The number of nitrogens with zero attached hydrogens (tertiary/aromatic N) is 1. The molecule has 508 valence electrons. The van der Waals surface area contributed by atoms with E-state index in [0.717, 1.165) is 81.3 Å². The van der Waals surface area contributed by atoms with Crippen LogP contribution in [0.5, 0.6) is 0 Å². The van der Waals surface area contributed by atoms with E-state index in [4.69, 9.17) is 13.3 Å². The number of unbranched alkanes of at least 4 members (excludes halogenated alkanes) is 16. The first-order chi connectivity index (χ1) is 48.9. The van der Waals surface area contributed by atoms with Crippen LogP contribution in [0, 0.1) is 0 Å². The standard InChI is InChI=1S/C96H101NO3/c1-9-13-17-21-33-53-95(54-34-22-18-14-10-2)74-41-29-25-38-68(74)89-91(95)90-87(88-71-40-28-32-44-82(71)100-92(88)89)69-50-47-63(58-79(69)96(90,55-35-23-19-15-11-3)56-36-24-20-16-12-4)97(64-46-49-67-66-37-26-30-42-80(66)99-84(67)59-64)62-45-48-65-72-60-78-73(61-77(72)94(7,8)76(65)57-62)85-75(93(78,5)6)51-52-83-86(85)70-39-27-31-43-81(70)98-83/h25-32,37-52,57-61H,9-24,33-36,53-56H2,1-8H3. The zero-order valence-corrected chi connectivity index (χ0v) is 60.9. The lowest BCUT2D eigenvalue weighted by Crippen LogP contribution is -2.33. The molecule has 17 rings (SSSR count). The highest BCUT2D eigenvalue weighted by Crippen LogP contribution is 2.68. The number of fused-ring (bicyclic) bond motifs is 25. The molecule has 0 saturated carbocycles. The van der Waals surface area contributed by atoms with Gasteiger partial charge in [0.2, 0.25) is 0 Å². The van der Waals surface area contributed by atoms with E-state index in [1.807, 2.05) is 0 Å². The van der Waals surface area contributed by atoms with Crippen LogP contribution in [-0.2, 0) is 21.7 Å². The van der Waals surface area contributed by atoms with Gasteiger partial charge in [-0.05, 0) is 182 Å². The Bertz CT molecular complexity index is 5280. The van der Waals surface area contributed by atoms with Crippen LogP contribution in [0.15, 0.2) is 189 Å². The number of hydrogen-bond donors (Lipinski definition) is 0. The molecule has 13 aromatic rings.